The minimum atomic E-state index is -2.34. The van der Waals surface area contributed by atoms with E-state index < -0.39 is 89.5 Å². The molecule has 7 N–H and O–H groups in total. The lowest BCUT2D eigenvalue weighted by atomic mass is 9.71. The normalized spacial score (nSPS) is 32.7. The van der Waals surface area contributed by atoms with Crippen molar-refractivity contribution in [3.63, 3.8) is 0 Å². The van der Waals surface area contributed by atoms with Crippen molar-refractivity contribution in [2.75, 3.05) is 27.2 Å². The highest BCUT2D eigenvalue weighted by Crippen LogP contribution is 2.44. The van der Waals surface area contributed by atoms with Crippen molar-refractivity contribution in [1.82, 2.24) is 10.2 Å². The van der Waals surface area contributed by atoms with Crippen LogP contribution in [0.4, 0.5) is 0 Å². The van der Waals surface area contributed by atoms with Gasteiger partial charge in [-0.2, -0.15) is 0 Å². The molecule has 2 amide bonds. The molecular weight excluding hydrogens is 748 g/mol. The monoisotopic (exact) mass is 812 g/mol. The maximum Gasteiger partial charge on any atom is 0.261 e. The Morgan fingerprint density at radius 1 is 1.00 bits per heavy atom. The zero-order valence-electron chi connectivity index (χ0n) is 35.1. The molecule has 0 bridgehead atoms. The SMILES string of the molecule is C/C=C\C=C\[C@@H]1O[C@](O)([C@H](CC)C(=O)NC/C=C/C=C(\C)[C@@H](OC)[C@@H](C)[C@@H]2O[C@H](/C=C/C=C/C=C(\C)C(O)=C3C(=O)CCN(C)C3=O)[C@H](O)[C@@H]2O)[C@H](O)[C@H](O)C1(C)C. The molecule has 0 aliphatic carbocycles. The molecule has 3 heterocycles. The van der Waals surface area contributed by atoms with Crippen LogP contribution in [-0.4, -0.2) is 135 Å². The number of rotatable bonds is 16. The number of hydrogen-bond donors (Lipinski definition) is 7. The number of piperidine rings is 1. The van der Waals surface area contributed by atoms with Crippen molar-refractivity contribution in [1.29, 1.82) is 0 Å². The Morgan fingerprint density at radius 2 is 1.67 bits per heavy atom. The molecule has 3 aliphatic heterocycles. The highest BCUT2D eigenvalue weighted by molar-refractivity contribution is 6.21. The maximum atomic E-state index is 13.3. The van der Waals surface area contributed by atoms with Crippen molar-refractivity contribution in [3.05, 3.63) is 95.4 Å². The van der Waals surface area contributed by atoms with E-state index in [4.69, 9.17) is 14.2 Å². The van der Waals surface area contributed by atoms with E-state index in [1.165, 1.54) is 12.0 Å². The zero-order chi connectivity index (χ0) is 43.5. The van der Waals surface area contributed by atoms with Crippen LogP contribution in [0.1, 0.15) is 61.3 Å². The number of likely N-dealkylation sites (tertiary alicyclic amines) is 1. The van der Waals surface area contributed by atoms with Gasteiger partial charge in [0, 0.05) is 45.0 Å². The third kappa shape index (κ3) is 11.0. The summed E-state index contributed by atoms with van der Waals surface area (Å²) in [4.78, 5) is 39.3. The first-order chi connectivity index (χ1) is 27.3. The van der Waals surface area contributed by atoms with Gasteiger partial charge in [0.1, 0.15) is 35.7 Å². The first-order valence-electron chi connectivity index (χ1n) is 19.7. The summed E-state index contributed by atoms with van der Waals surface area (Å²) in [6.07, 6.45) is 12.0. The lowest BCUT2D eigenvalue weighted by molar-refractivity contribution is -0.359. The van der Waals surface area contributed by atoms with Crippen LogP contribution >= 0.6 is 0 Å². The van der Waals surface area contributed by atoms with Gasteiger partial charge in [0.2, 0.25) is 11.7 Å². The summed E-state index contributed by atoms with van der Waals surface area (Å²) in [7, 11) is 3.10. The third-order valence-electron chi connectivity index (χ3n) is 11.3. The average molecular weight is 813 g/mol. The predicted molar refractivity (Wildman–Crippen MR) is 219 cm³/mol. The standard InChI is InChI=1S/C44H64N2O12/c1-10-12-14-22-32-43(6,7)39(51)40(52)44(55,58-32)29(11-2)41(53)45-24-18-17-20-27(4)37(56-9)28(5)38-36(50)35(49)31(57-38)21-16-13-15-19-26(3)34(48)33-30(47)23-25-46(8)42(33)54/h10,12-22,28-29,31-32,35-40,48-52,55H,11,23-25H2,1-9H3,(H,45,53)/b12-10-,15-13+,18-17+,21-16+,22-14+,26-19+,27-20+,34-33?/t28-,29-,31-,32+,35+,36+,37-,38+,39+,40-,44-/m1/s1. The van der Waals surface area contributed by atoms with Gasteiger partial charge in [-0.15, -0.1) is 0 Å². The van der Waals surface area contributed by atoms with Gasteiger partial charge >= 0.3 is 0 Å². The first kappa shape index (κ1) is 48.4. The number of nitrogens with one attached hydrogen (secondary N) is 1. The van der Waals surface area contributed by atoms with Gasteiger partial charge in [-0.05, 0) is 38.3 Å². The number of Topliss-reactive ketones (excluding diaryl/α,β-unsaturated/α-hetero) is 1. The van der Waals surface area contributed by atoms with Crippen molar-refractivity contribution in [2.24, 2.45) is 17.3 Å². The van der Waals surface area contributed by atoms with Crippen LogP contribution < -0.4 is 5.32 Å². The molecule has 3 aliphatic rings. The largest absolute Gasteiger partial charge is 0.507 e. The average Bonchev–Trinajstić information content (AvgIpc) is 3.46. The first-order valence-corrected chi connectivity index (χ1v) is 19.7. The highest BCUT2D eigenvalue weighted by atomic mass is 16.7. The Balaban J connectivity index is 1.61. The number of hydrogen-bond acceptors (Lipinski definition) is 12. The number of carbonyl (C=O) groups excluding carboxylic acids is 3. The van der Waals surface area contributed by atoms with E-state index in [0.29, 0.717) is 12.1 Å². The molecule has 0 radical (unpaired) electrons. The Kier molecular flexibility index (Phi) is 17.8. The Hall–Kier alpha value is -3.99. The van der Waals surface area contributed by atoms with Gasteiger partial charge in [-0.1, -0.05) is 101 Å². The van der Waals surface area contributed by atoms with E-state index in [1.807, 2.05) is 26.8 Å². The number of aliphatic hydroxyl groups is 6. The Morgan fingerprint density at radius 3 is 2.31 bits per heavy atom. The molecule has 0 aromatic heterocycles. The van der Waals surface area contributed by atoms with Gasteiger partial charge in [0.25, 0.3) is 5.91 Å². The summed E-state index contributed by atoms with van der Waals surface area (Å²) in [5, 5.41) is 68.5. The second kappa shape index (κ2) is 21.3. The molecule has 11 atom stereocenters. The van der Waals surface area contributed by atoms with Gasteiger partial charge in [-0.25, -0.2) is 0 Å². The minimum Gasteiger partial charge on any atom is -0.507 e. The van der Waals surface area contributed by atoms with E-state index in [-0.39, 0.29) is 30.7 Å². The fourth-order valence-electron chi connectivity index (χ4n) is 7.48. The summed E-state index contributed by atoms with van der Waals surface area (Å²) in [5.41, 5.74) is -0.0734. The minimum absolute atomic E-state index is 0.0848. The summed E-state index contributed by atoms with van der Waals surface area (Å²) in [6, 6.07) is 0. The molecule has 0 unspecified atom stereocenters. The van der Waals surface area contributed by atoms with Gasteiger partial charge in [0.05, 0.1) is 30.3 Å². The number of allylic oxidation sites excluding steroid dienone is 10. The molecule has 0 saturated carbocycles. The lowest BCUT2D eigenvalue weighted by Gasteiger charge is -2.53. The van der Waals surface area contributed by atoms with Crippen molar-refractivity contribution < 1.29 is 59.2 Å². The van der Waals surface area contributed by atoms with Crippen LogP contribution in [0.5, 0.6) is 0 Å². The lowest BCUT2D eigenvalue weighted by Crippen LogP contribution is -2.69. The fourth-order valence-corrected chi connectivity index (χ4v) is 7.48. The molecule has 14 nitrogen and oxygen atoms in total. The Bertz CT molecular complexity index is 1710. The van der Waals surface area contributed by atoms with Crippen molar-refractivity contribution in [2.45, 2.75) is 116 Å². The number of likely N-dealkylation sites (N-methyl/N-ethyl adjacent to an activating group) is 1. The second-order valence-electron chi connectivity index (χ2n) is 15.8. The van der Waals surface area contributed by atoms with E-state index in [2.05, 4.69) is 5.32 Å². The fraction of sp³-hybridized carbons (Fsp3) is 0.568. The van der Waals surface area contributed by atoms with Crippen LogP contribution in [0.15, 0.2) is 95.4 Å². The number of nitrogens with zero attached hydrogens (tertiary/aromatic N) is 1. The topological polar surface area (TPSA) is 216 Å². The molecule has 322 valence electrons. The number of methoxy groups -OCH3 is 1. The summed E-state index contributed by atoms with van der Waals surface area (Å²) in [5.74, 6) is -5.79. The maximum absolute atomic E-state index is 13.3. The molecule has 0 aromatic carbocycles. The van der Waals surface area contributed by atoms with Crippen LogP contribution in [0.25, 0.3) is 0 Å². The molecule has 3 saturated heterocycles. The molecule has 58 heavy (non-hydrogen) atoms. The molecular formula is C44H64N2O12. The van der Waals surface area contributed by atoms with Gasteiger partial charge in [0.15, 0.2) is 5.78 Å². The summed E-state index contributed by atoms with van der Waals surface area (Å²) >= 11 is 0. The number of ketones is 1. The summed E-state index contributed by atoms with van der Waals surface area (Å²) in [6.45, 7) is 12.6. The predicted octanol–water partition coefficient (Wildman–Crippen LogP) is 3.04. The van der Waals surface area contributed by atoms with Crippen molar-refractivity contribution >= 4 is 17.6 Å². The van der Waals surface area contributed by atoms with Crippen molar-refractivity contribution in [3.8, 4) is 0 Å². The highest BCUT2D eigenvalue weighted by Gasteiger charge is 2.60. The van der Waals surface area contributed by atoms with Crippen LogP contribution in [0.3, 0.4) is 0 Å². The molecule has 0 spiro atoms. The summed E-state index contributed by atoms with van der Waals surface area (Å²) < 4.78 is 17.8. The van der Waals surface area contributed by atoms with Gasteiger partial charge < -0.3 is 55.1 Å². The van der Waals surface area contributed by atoms with E-state index in [0.717, 1.165) is 5.57 Å². The third-order valence-corrected chi connectivity index (χ3v) is 11.3. The molecule has 3 rings (SSSR count). The smallest absolute Gasteiger partial charge is 0.261 e. The van der Waals surface area contributed by atoms with Crippen LogP contribution in [0, 0.1) is 17.3 Å². The quantitative estimate of drug-likeness (QED) is 0.0519. The van der Waals surface area contributed by atoms with E-state index in [1.54, 1.807) is 102 Å². The van der Waals surface area contributed by atoms with E-state index in [9.17, 15) is 45.0 Å². The number of amides is 2. The van der Waals surface area contributed by atoms with E-state index >= 15 is 0 Å². The molecule has 0 aromatic rings. The van der Waals surface area contributed by atoms with Crippen LogP contribution in [-0.2, 0) is 28.6 Å². The second-order valence-corrected chi connectivity index (χ2v) is 15.8. The van der Waals surface area contributed by atoms with Crippen LogP contribution in [0.2, 0.25) is 0 Å². The Labute approximate surface area is 342 Å². The number of ether oxygens (including phenoxy) is 3. The zero-order valence-corrected chi connectivity index (χ0v) is 35.1. The molecule has 14 heteroatoms. The van der Waals surface area contributed by atoms with Gasteiger partial charge in [-0.3, -0.25) is 14.4 Å². The number of aliphatic hydroxyl groups excluding tert-OH is 5. The number of carbonyl (C=O) groups is 3. The molecule has 3 fully saturated rings.